The molecule has 8 nitrogen and oxygen atoms in total. The summed E-state index contributed by atoms with van der Waals surface area (Å²) in [6.45, 7) is 1.50. The maximum absolute atomic E-state index is 11.3. The van der Waals surface area contributed by atoms with Crippen molar-refractivity contribution in [2.24, 2.45) is 0 Å². The molecule has 0 fully saturated rings. The molecule has 0 aromatic heterocycles. The van der Waals surface area contributed by atoms with Crippen molar-refractivity contribution >= 4 is 23.3 Å². The molecule has 1 rings (SSSR count). The van der Waals surface area contributed by atoms with Crippen molar-refractivity contribution < 1.29 is 24.0 Å². The van der Waals surface area contributed by atoms with Gasteiger partial charge in [0.1, 0.15) is 11.7 Å². The number of methoxy groups -OCH3 is 2. The molecule has 108 valence electrons. The van der Waals surface area contributed by atoms with E-state index < -0.39 is 22.9 Å². The highest BCUT2D eigenvalue weighted by atomic mass is 16.6. The SMILES string of the molecule is COC(=O)c1ccc(N[C@@H](C)C(=O)OC)c([N+](=O)[O-])c1. The molecule has 8 heteroatoms. The van der Waals surface area contributed by atoms with Crippen LogP contribution in [0, 0.1) is 10.1 Å². The first-order valence-corrected chi connectivity index (χ1v) is 5.61. The van der Waals surface area contributed by atoms with Crippen LogP contribution in [0.2, 0.25) is 0 Å². The number of carbonyl (C=O) groups is 2. The highest BCUT2D eigenvalue weighted by molar-refractivity contribution is 5.91. The van der Waals surface area contributed by atoms with Crippen molar-refractivity contribution in [1.29, 1.82) is 0 Å². The molecule has 0 spiro atoms. The smallest absolute Gasteiger partial charge is 0.338 e. The van der Waals surface area contributed by atoms with Crippen LogP contribution in [0.15, 0.2) is 18.2 Å². The molecule has 1 aromatic carbocycles. The van der Waals surface area contributed by atoms with Gasteiger partial charge in [0.2, 0.25) is 0 Å². The predicted octanol–water partition coefficient (Wildman–Crippen LogP) is 1.35. The van der Waals surface area contributed by atoms with Crippen molar-refractivity contribution in [3.05, 3.63) is 33.9 Å². The molecule has 0 radical (unpaired) electrons. The average Bonchev–Trinajstić information content (AvgIpc) is 2.45. The molecule has 1 aromatic rings. The minimum absolute atomic E-state index is 0.0514. The first-order chi connectivity index (χ1) is 9.40. The lowest BCUT2D eigenvalue weighted by molar-refractivity contribution is -0.384. The van der Waals surface area contributed by atoms with Crippen LogP contribution in [0.5, 0.6) is 0 Å². The van der Waals surface area contributed by atoms with Crippen LogP contribution in [0.25, 0.3) is 0 Å². The van der Waals surface area contributed by atoms with Gasteiger partial charge in [0.05, 0.1) is 24.7 Å². The summed E-state index contributed by atoms with van der Waals surface area (Å²) in [4.78, 5) is 33.0. The van der Waals surface area contributed by atoms with Crippen molar-refractivity contribution in [2.45, 2.75) is 13.0 Å². The van der Waals surface area contributed by atoms with E-state index in [0.29, 0.717) is 0 Å². The Kier molecular flexibility index (Phi) is 5.01. The molecule has 0 bridgehead atoms. The van der Waals surface area contributed by atoms with Gasteiger partial charge in [-0.05, 0) is 19.1 Å². The minimum atomic E-state index is -0.761. The van der Waals surface area contributed by atoms with Gasteiger partial charge in [0.25, 0.3) is 5.69 Å². The number of nitro benzene ring substituents is 1. The van der Waals surface area contributed by atoms with E-state index in [2.05, 4.69) is 14.8 Å². The van der Waals surface area contributed by atoms with Crippen LogP contribution in [0.3, 0.4) is 0 Å². The molecule has 0 amide bonds. The fourth-order valence-corrected chi connectivity index (χ4v) is 1.52. The molecule has 1 N–H and O–H groups in total. The molecular formula is C12H14N2O6. The Morgan fingerprint density at radius 3 is 2.45 bits per heavy atom. The fraction of sp³-hybridized carbons (Fsp3) is 0.333. The number of hydrogen-bond acceptors (Lipinski definition) is 7. The Morgan fingerprint density at radius 2 is 1.95 bits per heavy atom. The number of carbonyl (C=O) groups excluding carboxylic acids is 2. The molecule has 0 saturated heterocycles. The van der Waals surface area contributed by atoms with Crippen molar-refractivity contribution in [2.75, 3.05) is 19.5 Å². The molecule has 0 heterocycles. The Balaban J connectivity index is 3.11. The number of anilines is 1. The lowest BCUT2D eigenvalue weighted by atomic mass is 10.1. The van der Waals surface area contributed by atoms with Crippen molar-refractivity contribution in [1.82, 2.24) is 0 Å². The normalized spacial score (nSPS) is 11.3. The van der Waals surface area contributed by atoms with E-state index in [-0.39, 0.29) is 16.9 Å². The second kappa shape index (κ2) is 6.50. The number of ether oxygens (including phenoxy) is 2. The molecule has 0 aliphatic carbocycles. The highest BCUT2D eigenvalue weighted by Gasteiger charge is 2.21. The van der Waals surface area contributed by atoms with E-state index in [1.165, 1.54) is 33.3 Å². The monoisotopic (exact) mass is 282 g/mol. The first-order valence-electron chi connectivity index (χ1n) is 5.61. The Labute approximate surface area is 114 Å². The molecule has 1 atom stereocenters. The van der Waals surface area contributed by atoms with Gasteiger partial charge < -0.3 is 14.8 Å². The van der Waals surface area contributed by atoms with Crippen LogP contribution in [-0.4, -0.2) is 37.1 Å². The largest absolute Gasteiger partial charge is 0.467 e. The van der Waals surface area contributed by atoms with Gasteiger partial charge in [-0.2, -0.15) is 0 Å². The zero-order chi connectivity index (χ0) is 15.3. The number of esters is 2. The summed E-state index contributed by atoms with van der Waals surface area (Å²) < 4.78 is 9.01. The summed E-state index contributed by atoms with van der Waals surface area (Å²) in [5, 5.41) is 13.7. The van der Waals surface area contributed by atoms with Crippen LogP contribution < -0.4 is 5.32 Å². The summed E-state index contributed by atoms with van der Waals surface area (Å²) >= 11 is 0. The first kappa shape index (κ1) is 15.4. The molecule has 0 saturated carbocycles. The lowest BCUT2D eigenvalue weighted by Crippen LogP contribution is -2.27. The fourth-order valence-electron chi connectivity index (χ4n) is 1.52. The quantitative estimate of drug-likeness (QED) is 0.493. The third-order valence-electron chi connectivity index (χ3n) is 2.54. The molecule has 0 aliphatic rings. The number of benzene rings is 1. The van der Waals surface area contributed by atoms with Crippen LogP contribution in [0.1, 0.15) is 17.3 Å². The summed E-state index contributed by atoms with van der Waals surface area (Å²) in [5.41, 5.74) is -0.167. The Bertz CT molecular complexity index is 543. The number of rotatable bonds is 5. The summed E-state index contributed by atoms with van der Waals surface area (Å²) in [6.07, 6.45) is 0. The Morgan fingerprint density at radius 1 is 1.30 bits per heavy atom. The molecule has 0 aliphatic heterocycles. The van der Waals surface area contributed by atoms with Gasteiger partial charge in [0.15, 0.2) is 0 Å². The van der Waals surface area contributed by atoms with Crippen LogP contribution in [0.4, 0.5) is 11.4 Å². The Hall–Kier alpha value is -2.64. The summed E-state index contributed by atoms with van der Waals surface area (Å²) in [6, 6.07) is 3.02. The standard InChI is InChI=1S/C12H14N2O6/c1-7(11(15)19-2)13-9-5-4-8(12(16)20-3)6-10(9)14(17)18/h4-7,13H,1-3H3/t7-/m0/s1. The highest BCUT2D eigenvalue weighted by Crippen LogP contribution is 2.26. The summed E-state index contributed by atoms with van der Waals surface area (Å²) in [5.74, 6) is -1.24. The maximum Gasteiger partial charge on any atom is 0.338 e. The van der Waals surface area contributed by atoms with Crippen molar-refractivity contribution in [3.63, 3.8) is 0 Å². The molecule has 20 heavy (non-hydrogen) atoms. The van der Waals surface area contributed by atoms with E-state index in [9.17, 15) is 19.7 Å². The van der Waals surface area contributed by atoms with E-state index in [0.717, 1.165) is 6.07 Å². The predicted molar refractivity (Wildman–Crippen MR) is 69.5 cm³/mol. The van der Waals surface area contributed by atoms with Gasteiger partial charge in [-0.1, -0.05) is 0 Å². The zero-order valence-corrected chi connectivity index (χ0v) is 11.2. The van der Waals surface area contributed by atoms with E-state index >= 15 is 0 Å². The van der Waals surface area contributed by atoms with Gasteiger partial charge >= 0.3 is 11.9 Å². The number of nitro groups is 1. The topological polar surface area (TPSA) is 108 Å². The summed E-state index contributed by atoms with van der Waals surface area (Å²) in [7, 11) is 2.40. The van der Waals surface area contributed by atoms with Crippen LogP contribution in [-0.2, 0) is 14.3 Å². The van der Waals surface area contributed by atoms with Gasteiger partial charge in [0, 0.05) is 6.07 Å². The third kappa shape index (κ3) is 3.44. The molecular weight excluding hydrogens is 268 g/mol. The number of nitrogens with zero attached hydrogens (tertiary/aromatic N) is 1. The lowest BCUT2D eigenvalue weighted by Gasteiger charge is -2.13. The molecule has 0 unspecified atom stereocenters. The third-order valence-corrected chi connectivity index (χ3v) is 2.54. The minimum Gasteiger partial charge on any atom is -0.467 e. The van der Waals surface area contributed by atoms with Gasteiger partial charge in [-0.25, -0.2) is 9.59 Å². The van der Waals surface area contributed by atoms with E-state index in [4.69, 9.17) is 0 Å². The maximum atomic E-state index is 11.3. The number of hydrogen-bond donors (Lipinski definition) is 1. The van der Waals surface area contributed by atoms with Gasteiger partial charge in [-0.15, -0.1) is 0 Å². The average molecular weight is 282 g/mol. The van der Waals surface area contributed by atoms with Crippen molar-refractivity contribution in [3.8, 4) is 0 Å². The second-order valence-electron chi connectivity index (χ2n) is 3.87. The van der Waals surface area contributed by atoms with E-state index in [1.54, 1.807) is 0 Å². The van der Waals surface area contributed by atoms with E-state index in [1.807, 2.05) is 0 Å². The zero-order valence-electron chi connectivity index (χ0n) is 11.2. The van der Waals surface area contributed by atoms with Gasteiger partial charge in [-0.3, -0.25) is 10.1 Å². The number of nitrogens with one attached hydrogen (secondary N) is 1. The van der Waals surface area contributed by atoms with Crippen LogP contribution >= 0.6 is 0 Å². The second-order valence-corrected chi connectivity index (χ2v) is 3.87.